The Bertz CT molecular complexity index is 258. The molecule has 0 spiro atoms. The zero-order valence-corrected chi connectivity index (χ0v) is 5.67. The van der Waals surface area contributed by atoms with Crippen molar-refractivity contribution in [2.75, 3.05) is 0 Å². The lowest BCUT2D eigenvalue weighted by Crippen LogP contribution is -1.84. The van der Waals surface area contributed by atoms with Crippen LogP contribution in [0.1, 0.15) is 11.1 Å². The third-order valence-corrected chi connectivity index (χ3v) is 1.41. The van der Waals surface area contributed by atoms with Crippen molar-refractivity contribution in [1.29, 1.82) is 5.26 Å². The molecule has 0 N–H and O–H groups in total. The van der Waals surface area contributed by atoms with Crippen LogP contribution in [0.5, 0.6) is 0 Å². The summed E-state index contributed by atoms with van der Waals surface area (Å²) in [6, 6.07) is 9.61. The minimum Gasteiger partial charge on any atom is -0.192 e. The standard InChI is InChI=1S/C9H8N/c1-2-8-5-3-4-6-9(8)7-10/h3-6H,1-2H2. The van der Waals surface area contributed by atoms with Crippen molar-refractivity contribution in [2.24, 2.45) is 0 Å². The zero-order chi connectivity index (χ0) is 7.40. The van der Waals surface area contributed by atoms with Gasteiger partial charge in [0.1, 0.15) is 0 Å². The van der Waals surface area contributed by atoms with Crippen LogP contribution in [-0.4, -0.2) is 0 Å². The van der Waals surface area contributed by atoms with Gasteiger partial charge in [-0.15, -0.1) is 0 Å². The van der Waals surface area contributed by atoms with E-state index in [0.717, 1.165) is 11.1 Å². The molecular weight excluding hydrogens is 122 g/mol. The first-order valence-electron chi connectivity index (χ1n) is 3.15. The van der Waals surface area contributed by atoms with Crippen molar-refractivity contribution in [3.8, 4) is 6.07 Å². The second-order valence-electron chi connectivity index (χ2n) is 2.02. The fourth-order valence-corrected chi connectivity index (χ4v) is 0.847. The van der Waals surface area contributed by atoms with Gasteiger partial charge in [0, 0.05) is 0 Å². The van der Waals surface area contributed by atoms with Crippen molar-refractivity contribution in [3.63, 3.8) is 0 Å². The van der Waals surface area contributed by atoms with E-state index in [2.05, 4.69) is 13.0 Å². The van der Waals surface area contributed by atoms with E-state index in [9.17, 15) is 0 Å². The number of hydrogen-bond donors (Lipinski definition) is 0. The predicted octanol–water partition coefficient (Wildman–Crippen LogP) is 1.93. The van der Waals surface area contributed by atoms with E-state index in [1.165, 1.54) is 0 Å². The first-order chi connectivity index (χ1) is 4.88. The van der Waals surface area contributed by atoms with E-state index in [-0.39, 0.29) is 0 Å². The Kier molecular flexibility index (Phi) is 2.07. The summed E-state index contributed by atoms with van der Waals surface area (Å²) in [4.78, 5) is 0. The van der Waals surface area contributed by atoms with Gasteiger partial charge in [0.25, 0.3) is 0 Å². The summed E-state index contributed by atoms with van der Waals surface area (Å²) in [5.41, 5.74) is 1.75. The van der Waals surface area contributed by atoms with E-state index in [1.54, 1.807) is 6.07 Å². The highest BCUT2D eigenvalue weighted by atomic mass is 14.2. The fourth-order valence-electron chi connectivity index (χ4n) is 0.847. The normalized spacial score (nSPS) is 8.80. The topological polar surface area (TPSA) is 23.8 Å². The molecule has 1 aromatic rings. The Hall–Kier alpha value is -1.29. The molecule has 49 valence electrons. The summed E-state index contributed by atoms with van der Waals surface area (Å²) in [6.07, 6.45) is 0.684. The van der Waals surface area contributed by atoms with Crippen LogP contribution >= 0.6 is 0 Å². The van der Waals surface area contributed by atoms with Gasteiger partial charge in [0.2, 0.25) is 0 Å². The smallest absolute Gasteiger partial charge is 0.0994 e. The molecule has 1 radical (unpaired) electrons. The van der Waals surface area contributed by atoms with Gasteiger partial charge in [0.15, 0.2) is 0 Å². The second kappa shape index (κ2) is 3.03. The van der Waals surface area contributed by atoms with Gasteiger partial charge >= 0.3 is 0 Å². The van der Waals surface area contributed by atoms with Gasteiger partial charge in [-0.3, -0.25) is 0 Å². The average molecular weight is 130 g/mol. The van der Waals surface area contributed by atoms with Crippen LogP contribution in [0, 0.1) is 18.3 Å². The van der Waals surface area contributed by atoms with Crippen LogP contribution in [0.15, 0.2) is 24.3 Å². The number of hydrogen-bond acceptors (Lipinski definition) is 1. The van der Waals surface area contributed by atoms with Crippen LogP contribution in [0.4, 0.5) is 0 Å². The van der Waals surface area contributed by atoms with Crippen LogP contribution in [0.3, 0.4) is 0 Å². The van der Waals surface area contributed by atoms with Gasteiger partial charge < -0.3 is 0 Å². The predicted molar refractivity (Wildman–Crippen MR) is 40.2 cm³/mol. The van der Waals surface area contributed by atoms with E-state index in [1.807, 2.05) is 18.2 Å². The maximum absolute atomic E-state index is 8.57. The number of benzene rings is 1. The van der Waals surface area contributed by atoms with Crippen LogP contribution in [0.25, 0.3) is 0 Å². The number of rotatable bonds is 1. The Morgan fingerprint density at radius 3 is 2.60 bits per heavy atom. The molecule has 10 heavy (non-hydrogen) atoms. The molecule has 0 aliphatic rings. The van der Waals surface area contributed by atoms with Crippen molar-refractivity contribution in [3.05, 3.63) is 42.3 Å². The minimum atomic E-state index is 0.684. The molecular formula is C9H8N. The quantitative estimate of drug-likeness (QED) is 0.569. The molecule has 0 aliphatic heterocycles. The third-order valence-electron chi connectivity index (χ3n) is 1.41. The molecule has 0 amide bonds. The van der Waals surface area contributed by atoms with Gasteiger partial charge in [-0.1, -0.05) is 18.2 Å². The molecule has 0 bridgehead atoms. The van der Waals surface area contributed by atoms with E-state index >= 15 is 0 Å². The Morgan fingerprint density at radius 2 is 2.10 bits per heavy atom. The number of nitrogens with zero attached hydrogens (tertiary/aromatic N) is 1. The largest absolute Gasteiger partial charge is 0.192 e. The molecule has 0 aliphatic carbocycles. The van der Waals surface area contributed by atoms with Gasteiger partial charge in [0.05, 0.1) is 11.6 Å². The number of nitriles is 1. The zero-order valence-electron chi connectivity index (χ0n) is 5.67. The van der Waals surface area contributed by atoms with Crippen molar-refractivity contribution < 1.29 is 0 Å². The van der Waals surface area contributed by atoms with Crippen molar-refractivity contribution in [2.45, 2.75) is 6.42 Å². The Morgan fingerprint density at radius 1 is 1.40 bits per heavy atom. The summed E-state index contributed by atoms with van der Waals surface area (Å²) in [7, 11) is 0. The highest BCUT2D eigenvalue weighted by Crippen LogP contribution is 2.06. The highest BCUT2D eigenvalue weighted by Gasteiger charge is 1.94. The maximum Gasteiger partial charge on any atom is 0.0994 e. The Labute approximate surface area is 60.9 Å². The molecule has 1 aromatic carbocycles. The molecule has 1 heteroatoms. The molecule has 0 fully saturated rings. The summed E-state index contributed by atoms with van der Waals surface area (Å²) in [5, 5.41) is 8.57. The average Bonchev–Trinajstić information content (AvgIpc) is 2.04. The second-order valence-corrected chi connectivity index (χ2v) is 2.02. The lowest BCUT2D eigenvalue weighted by molar-refractivity contribution is 1.25. The third kappa shape index (κ3) is 1.16. The maximum atomic E-state index is 8.57. The molecule has 1 rings (SSSR count). The lowest BCUT2D eigenvalue weighted by Gasteiger charge is -1.95. The summed E-state index contributed by atoms with van der Waals surface area (Å²) in [5.74, 6) is 0. The summed E-state index contributed by atoms with van der Waals surface area (Å²) in [6.45, 7) is 3.71. The molecule has 0 unspecified atom stereocenters. The molecule has 0 aromatic heterocycles. The minimum absolute atomic E-state index is 0.684. The Balaban J connectivity index is 3.12. The summed E-state index contributed by atoms with van der Waals surface area (Å²) < 4.78 is 0. The van der Waals surface area contributed by atoms with Crippen LogP contribution in [-0.2, 0) is 6.42 Å². The van der Waals surface area contributed by atoms with E-state index in [0.29, 0.717) is 6.42 Å². The molecule has 0 heterocycles. The first kappa shape index (κ1) is 6.82. The lowest BCUT2D eigenvalue weighted by atomic mass is 10.1. The molecule has 0 saturated carbocycles. The van der Waals surface area contributed by atoms with Gasteiger partial charge in [-0.25, -0.2) is 0 Å². The fraction of sp³-hybridized carbons (Fsp3) is 0.111. The highest BCUT2D eigenvalue weighted by molar-refractivity contribution is 5.37. The summed E-state index contributed by atoms with van der Waals surface area (Å²) >= 11 is 0. The molecule has 1 nitrogen and oxygen atoms in total. The van der Waals surface area contributed by atoms with E-state index < -0.39 is 0 Å². The van der Waals surface area contributed by atoms with Crippen LogP contribution in [0.2, 0.25) is 0 Å². The van der Waals surface area contributed by atoms with Gasteiger partial charge in [-0.05, 0) is 25.0 Å². The van der Waals surface area contributed by atoms with Crippen molar-refractivity contribution in [1.82, 2.24) is 0 Å². The van der Waals surface area contributed by atoms with Crippen molar-refractivity contribution >= 4 is 0 Å². The molecule has 0 saturated heterocycles. The monoisotopic (exact) mass is 130 g/mol. The first-order valence-corrected chi connectivity index (χ1v) is 3.15. The van der Waals surface area contributed by atoms with E-state index in [4.69, 9.17) is 5.26 Å². The van der Waals surface area contributed by atoms with Gasteiger partial charge in [-0.2, -0.15) is 5.26 Å². The van der Waals surface area contributed by atoms with Crippen LogP contribution < -0.4 is 0 Å². The molecule has 0 atom stereocenters. The SMILES string of the molecule is [CH2]Cc1ccccc1C#N.